The average molecular weight is 279 g/mol. The van der Waals surface area contributed by atoms with Gasteiger partial charge in [0.25, 0.3) is 0 Å². The largest absolute Gasteiger partial charge is 0.465 e. The number of carbonyl (C=O) groups is 1. The second-order valence-electron chi connectivity index (χ2n) is 3.29. The minimum absolute atomic E-state index is 0.364. The van der Waals surface area contributed by atoms with E-state index >= 15 is 0 Å². The maximum Gasteiger partial charge on any atom is 0.337 e. The van der Waals surface area contributed by atoms with Crippen molar-refractivity contribution in [3.63, 3.8) is 0 Å². The molecule has 19 heavy (non-hydrogen) atoms. The van der Waals surface area contributed by atoms with Crippen LogP contribution in [0.3, 0.4) is 0 Å². The van der Waals surface area contributed by atoms with E-state index in [4.69, 9.17) is 11.6 Å². The predicted octanol–water partition coefficient (Wildman–Crippen LogP) is 3.61. The van der Waals surface area contributed by atoms with Gasteiger partial charge in [-0.3, -0.25) is 0 Å². The normalized spacial score (nSPS) is 9.26. The summed E-state index contributed by atoms with van der Waals surface area (Å²) in [5, 5.41) is 0.382. The number of hydrogen-bond acceptors (Lipinski definition) is 4. The van der Waals surface area contributed by atoms with Crippen LogP contribution in [0, 0.1) is 0 Å². The molecule has 1 aromatic carbocycles. The molecule has 0 spiro atoms. The molecule has 2 rings (SSSR count). The van der Waals surface area contributed by atoms with Gasteiger partial charge in [0.05, 0.1) is 18.4 Å². The van der Waals surface area contributed by atoms with Crippen LogP contribution >= 0.6 is 11.6 Å². The molecule has 1 aromatic heterocycles. The Morgan fingerprint density at radius 2 is 1.79 bits per heavy atom. The van der Waals surface area contributed by atoms with Crippen LogP contribution in [-0.4, -0.2) is 23.0 Å². The van der Waals surface area contributed by atoms with Crippen molar-refractivity contribution in [2.45, 2.75) is 13.8 Å². The van der Waals surface area contributed by atoms with E-state index in [0.29, 0.717) is 16.4 Å². The van der Waals surface area contributed by atoms with Gasteiger partial charge in [-0.05, 0) is 12.1 Å². The van der Waals surface area contributed by atoms with Gasteiger partial charge in [-0.15, -0.1) is 0 Å². The fourth-order valence-electron chi connectivity index (χ4n) is 1.39. The molecular formula is C14H15ClN2O2. The van der Waals surface area contributed by atoms with Crippen LogP contribution in [0.25, 0.3) is 11.3 Å². The number of hydrogen-bond donors (Lipinski definition) is 0. The Balaban J connectivity index is 0.000000861. The van der Waals surface area contributed by atoms with E-state index < -0.39 is 0 Å². The smallest absolute Gasteiger partial charge is 0.337 e. The maximum atomic E-state index is 11.2. The molecule has 0 radical (unpaired) electrons. The van der Waals surface area contributed by atoms with E-state index in [1.54, 1.807) is 30.3 Å². The molecule has 0 N–H and O–H groups in total. The summed E-state index contributed by atoms with van der Waals surface area (Å²) in [4.78, 5) is 19.1. The second-order valence-corrected chi connectivity index (χ2v) is 3.68. The molecule has 0 aliphatic carbocycles. The number of benzene rings is 1. The van der Waals surface area contributed by atoms with Gasteiger partial charge in [0.2, 0.25) is 0 Å². The lowest BCUT2D eigenvalue weighted by atomic mass is 10.1. The van der Waals surface area contributed by atoms with Crippen molar-refractivity contribution in [1.29, 1.82) is 0 Å². The molecule has 0 aliphatic heterocycles. The van der Waals surface area contributed by atoms with Gasteiger partial charge in [-0.25, -0.2) is 14.8 Å². The number of ether oxygens (including phenoxy) is 1. The third-order valence-electron chi connectivity index (χ3n) is 2.24. The van der Waals surface area contributed by atoms with Crippen LogP contribution in [0.2, 0.25) is 5.15 Å². The van der Waals surface area contributed by atoms with Crippen LogP contribution in [0.1, 0.15) is 24.2 Å². The SMILES string of the molecule is CC.COC(=O)c1ccc(-c2cc(Cl)ncn2)cc1. The summed E-state index contributed by atoms with van der Waals surface area (Å²) in [5.41, 5.74) is 2.07. The molecule has 0 bridgehead atoms. The highest BCUT2D eigenvalue weighted by Crippen LogP contribution is 2.19. The van der Waals surface area contributed by atoms with Gasteiger partial charge in [-0.2, -0.15) is 0 Å². The second kappa shape index (κ2) is 7.48. The van der Waals surface area contributed by atoms with E-state index in [0.717, 1.165) is 5.56 Å². The highest BCUT2D eigenvalue weighted by Gasteiger charge is 2.06. The topological polar surface area (TPSA) is 52.1 Å². The number of carbonyl (C=O) groups excluding carboxylic acids is 1. The Hall–Kier alpha value is -1.94. The summed E-state index contributed by atoms with van der Waals surface area (Å²) < 4.78 is 4.62. The van der Waals surface area contributed by atoms with Crippen molar-refractivity contribution in [3.8, 4) is 11.3 Å². The number of aromatic nitrogens is 2. The van der Waals surface area contributed by atoms with Crippen molar-refractivity contribution in [3.05, 3.63) is 47.4 Å². The number of halogens is 1. The van der Waals surface area contributed by atoms with Crippen molar-refractivity contribution in [1.82, 2.24) is 9.97 Å². The van der Waals surface area contributed by atoms with Crippen LogP contribution < -0.4 is 0 Å². The Kier molecular flexibility index (Phi) is 5.96. The van der Waals surface area contributed by atoms with Gasteiger partial charge in [0.1, 0.15) is 11.5 Å². The van der Waals surface area contributed by atoms with E-state index in [1.807, 2.05) is 13.8 Å². The minimum atomic E-state index is -0.364. The monoisotopic (exact) mass is 278 g/mol. The van der Waals surface area contributed by atoms with Crippen molar-refractivity contribution in [2.24, 2.45) is 0 Å². The van der Waals surface area contributed by atoms with E-state index in [2.05, 4.69) is 14.7 Å². The Bertz CT molecular complexity index is 541. The molecule has 1 heterocycles. The summed E-state index contributed by atoms with van der Waals surface area (Å²) in [6.45, 7) is 4.00. The first-order valence-electron chi connectivity index (χ1n) is 5.87. The first kappa shape index (κ1) is 15.1. The van der Waals surface area contributed by atoms with Crippen LogP contribution in [0.5, 0.6) is 0 Å². The van der Waals surface area contributed by atoms with Crippen LogP contribution in [0.4, 0.5) is 0 Å². The molecule has 4 nitrogen and oxygen atoms in total. The maximum absolute atomic E-state index is 11.2. The fourth-order valence-corrected chi connectivity index (χ4v) is 1.53. The molecule has 0 aliphatic rings. The average Bonchev–Trinajstić information content (AvgIpc) is 2.48. The van der Waals surface area contributed by atoms with Crippen molar-refractivity contribution < 1.29 is 9.53 Å². The van der Waals surface area contributed by atoms with Gasteiger partial charge in [-0.1, -0.05) is 37.6 Å². The number of esters is 1. The number of nitrogens with zero attached hydrogens (tertiary/aromatic N) is 2. The first-order chi connectivity index (χ1) is 9.20. The molecule has 0 atom stereocenters. The molecule has 0 amide bonds. The quantitative estimate of drug-likeness (QED) is 0.622. The molecule has 0 unspecified atom stereocenters. The fraction of sp³-hybridized carbons (Fsp3) is 0.214. The molecular weight excluding hydrogens is 264 g/mol. The molecule has 5 heteroatoms. The van der Waals surface area contributed by atoms with Gasteiger partial charge >= 0.3 is 5.97 Å². The van der Waals surface area contributed by atoms with E-state index in [1.165, 1.54) is 13.4 Å². The standard InChI is InChI=1S/C12H9ClN2O2.C2H6/c1-17-12(16)9-4-2-8(3-5-9)10-6-11(13)15-7-14-10;1-2/h2-7H,1H3;1-2H3. The lowest BCUT2D eigenvalue weighted by molar-refractivity contribution is 0.0601. The zero-order valence-electron chi connectivity index (χ0n) is 11.1. The Labute approximate surface area is 117 Å². The summed E-state index contributed by atoms with van der Waals surface area (Å²) in [6, 6.07) is 8.58. The predicted molar refractivity (Wildman–Crippen MR) is 75.2 cm³/mol. The Morgan fingerprint density at radius 1 is 1.16 bits per heavy atom. The zero-order chi connectivity index (χ0) is 14.3. The molecule has 0 fully saturated rings. The number of rotatable bonds is 2. The summed E-state index contributed by atoms with van der Waals surface area (Å²) in [6.07, 6.45) is 1.39. The van der Waals surface area contributed by atoms with Gasteiger partial charge in [0.15, 0.2) is 0 Å². The zero-order valence-corrected chi connectivity index (χ0v) is 11.8. The third kappa shape index (κ3) is 4.03. The van der Waals surface area contributed by atoms with Gasteiger partial charge < -0.3 is 4.74 Å². The van der Waals surface area contributed by atoms with Gasteiger partial charge in [0, 0.05) is 11.6 Å². The summed E-state index contributed by atoms with van der Waals surface area (Å²) in [5.74, 6) is -0.364. The lowest BCUT2D eigenvalue weighted by Gasteiger charge is -2.02. The number of methoxy groups -OCH3 is 1. The Morgan fingerprint density at radius 3 is 2.32 bits per heavy atom. The molecule has 0 saturated carbocycles. The highest BCUT2D eigenvalue weighted by molar-refractivity contribution is 6.29. The highest BCUT2D eigenvalue weighted by atomic mass is 35.5. The minimum Gasteiger partial charge on any atom is -0.465 e. The third-order valence-corrected chi connectivity index (χ3v) is 2.44. The van der Waals surface area contributed by atoms with Crippen molar-refractivity contribution in [2.75, 3.05) is 7.11 Å². The lowest BCUT2D eigenvalue weighted by Crippen LogP contribution is -2.00. The van der Waals surface area contributed by atoms with Crippen LogP contribution in [0.15, 0.2) is 36.7 Å². The summed E-state index contributed by atoms with van der Waals surface area (Å²) >= 11 is 5.77. The van der Waals surface area contributed by atoms with E-state index in [-0.39, 0.29) is 5.97 Å². The summed E-state index contributed by atoms with van der Waals surface area (Å²) in [7, 11) is 1.35. The van der Waals surface area contributed by atoms with Crippen molar-refractivity contribution >= 4 is 17.6 Å². The first-order valence-corrected chi connectivity index (χ1v) is 6.25. The molecule has 2 aromatic rings. The molecule has 0 saturated heterocycles. The van der Waals surface area contributed by atoms with Crippen LogP contribution in [-0.2, 0) is 4.74 Å². The molecule has 100 valence electrons. The van der Waals surface area contributed by atoms with E-state index in [9.17, 15) is 4.79 Å².